The van der Waals surface area contributed by atoms with E-state index in [0.717, 1.165) is 6.42 Å². The van der Waals surface area contributed by atoms with E-state index in [2.05, 4.69) is 45.0 Å². The molecule has 3 N–H and O–H groups in total. The van der Waals surface area contributed by atoms with Crippen molar-refractivity contribution in [2.45, 2.75) is 38.6 Å². The van der Waals surface area contributed by atoms with Crippen LogP contribution in [0.5, 0.6) is 0 Å². The minimum Gasteiger partial charge on any atom is -0.395 e. The lowest BCUT2D eigenvalue weighted by Gasteiger charge is -2.19. The molecule has 1 unspecified atom stereocenters. The molecule has 0 amide bonds. The summed E-state index contributed by atoms with van der Waals surface area (Å²) in [6, 6.07) is 8.32. The molecule has 1 rings (SSSR count). The zero-order chi connectivity index (χ0) is 11.5. The van der Waals surface area contributed by atoms with Crippen LogP contribution in [0.15, 0.2) is 24.3 Å². The summed E-state index contributed by atoms with van der Waals surface area (Å²) in [6.45, 7) is 6.63. The van der Waals surface area contributed by atoms with E-state index >= 15 is 0 Å². The highest BCUT2D eigenvalue weighted by Gasteiger charge is 2.13. The molecule has 0 spiro atoms. The van der Waals surface area contributed by atoms with Gasteiger partial charge in [0, 0.05) is 6.04 Å². The van der Waals surface area contributed by atoms with Gasteiger partial charge < -0.3 is 10.8 Å². The topological polar surface area (TPSA) is 46.2 Å². The zero-order valence-electron chi connectivity index (χ0n) is 9.83. The van der Waals surface area contributed by atoms with Gasteiger partial charge in [0.05, 0.1) is 6.61 Å². The summed E-state index contributed by atoms with van der Waals surface area (Å²) < 4.78 is 0. The van der Waals surface area contributed by atoms with Gasteiger partial charge in [-0.3, -0.25) is 0 Å². The Labute approximate surface area is 92.1 Å². The van der Waals surface area contributed by atoms with E-state index in [1.165, 1.54) is 11.1 Å². The molecule has 0 aliphatic rings. The Kier molecular flexibility index (Phi) is 3.89. The summed E-state index contributed by atoms with van der Waals surface area (Å²) in [5, 5.41) is 8.85. The van der Waals surface area contributed by atoms with E-state index in [4.69, 9.17) is 10.8 Å². The van der Waals surface area contributed by atoms with Crippen LogP contribution in [0.25, 0.3) is 0 Å². The minimum absolute atomic E-state index is 0.0427. The van der Waals surface area contributed by atoms with Gasteiger partial charge in [0.2, 0.25) is 0 Å². The Bertz CT molecular complexity index is 297. The maximum atomic E-state index is 8.85. The summed E-state index contributed by atoms with van der Waals surface area (Å²) in [6.07, 6.45) is 0.737. The Morgan fingerprint density at radius 1 is 1.20 bits per heavy atom. The number of aliphatic hydroxyl groups is 1. The first kappa shape index (κ1) is 12.2. The van der Waals surface area contributed by atoms with E-state index < -0.39 is 0 Å². The second-order valence-electron chi connectivity index (χ2n) is 5.09. The second-order valence-corrected chi connectivity index (χ2v) is 5.09. The van der Waals surface area contributed by atoms with Gasteiger partial charge in [-0.15, -0.1) is 0 Å². The standard InChI is InChI=1S/C13H21NO/c1-13(2,3)11-6-4-10(5-7-11)8-12(14)9-15/h4-7,12,15H,8-9,14H2,1-3H3. The number of nitrogens with two attached hydrogens (primary N) is 1. The third kappa shape index (κ3) is 3.65. The van der Waals surface area contributed by atoms with Gasteiger partial charge in [-0.25, -0.2) is 0 Å². The fourth-order valence-electron chi connectivity index (χ4n) is 1.51. The summed E-state index contributed by atoms with van der Waals surface area (Å²) in [7, 11) is 0. The fraction of sp³-hybridized carbons (Fsp3) is 0.538. The van der Waals surface area contributed by atoms with Crippen molar-refractivity contribution in [3.05, 3.63) is 35.4 Å². The summed E-state index contributed by atoms with van der Waals surface area (Å²) in [5.41, 5.74) is 8.38. The Morgan fingerprint density at radius 3 is 2.13 bits per heavy atom. The highest BCUT2D eigenvalue weighted by Crippen LogP contribution is 2.22. The largest absolute Gasteiger partial charge is 0.395 e. The Hall–Kier alpha value is -0.860. The third-order valence-electron chi connectivity index (χ3n) is 2.55. The van der Waals surface area contributed by atoms with E-state index in [-0.39, 0.29) is 18.1 Å². The Balaban J connectivity index is 2.73. The predicted octanol–water partition coefficient (Wildman–Crippen LogP) is 1.85. The van der Waals surface area contributed by atoms with Gasteiger partial charge in [0.1, 0.15) is 0 Å². The van der Waals surface area contributed by atoms with Crippen LogP contribution in [0.3, 0.4) is 0 Å². The molecule has 1 aromatic rings. The zero-order valence-corrected chi connectivity index (χ0v) is 9.83. The van der Waals surface area contributed by atoms with Crippen LogP contribution in [-0.4, -0.2) is 17.8 Å². The van der Waals surface area contributed by atoms with Gasteiger partial charge in [-0.2, -0.15) is 0 Å². The molecule has 0 radical (unpaired) electrons. The van der Waals surface area contributed by atoms with Crippen molar-refractivity contribution < 1.29 is 5.11 Å². The maximum Gasteiger partial charge on any atom is 0.0585 e. The van der Waals surface area contributed by atoms with E-state index in [0.29, 0.717) is 0 Å². The molecule has 15 heavy (non-hydrogen) atoms. The van der Waals surface area contributed by atoms with E-state index in [9.17, 15) is 0 Å². The number of aliphatic hydroxyl groups excluding tert-OH is 1. The average Bonchev–Trinajstić information content (AvgIpc) is 2.17. The van der Waals surface area contributed by atoms with Crippen molar-refractivity contribution >= 4 is 0 Å². The molecule has 1 aromatic carbocycles. The SMILES string of the molecule is CC(C)(C)c1ccc(CC(N)CO)cc1. The van der Waals surface area contributed by atoms with Crippen molar-refractivity contribution in [1.29, 1.82) is 0 Å². The first-order chi connectivity index (χ1) is 6.93. The van der Waals surface area contributed by atoms with Crippen LogP contribution in [0, 0.1) is 0 Å². The molecule has 0 heterocycles. The molecule has 0 aliphatic heterocycles. The minimum atomic E-state index is -0.148. The lowest BCUT2D eigenvalue weighted by atomic mass is 9.86. The molecular formula is C13H21NO. The molecule has 0 bridgehead atoms. The fourth-order valence-corrected chi connectivity index (χ4v) is 1.51. The summed E-state index contributed by atoms with van der Waals surface area (Å²) >= 11 is 0. The van der Waals surface area contributed by atoms with E-state index in [1.807, 2.05) is 0 Å². The normalized spacial score (nSPS) is 13.9. The van der Waals surface area contributed by atoms with Crippen molar-refractivity contribution in [3.63, 3.8) is 0 Å². The predicted molar refractivity (Wildman–Crippen MR) is 63.9 cm³/mol. The van der Waals surface area contributed by atoms with Gasteiger partial charge >= 0.3 is 0 Å². The molecule has 1 atom stereocenters. The second kappa shape index (κ2) is 4.77. The first-order valence-corrected chi connectivity index (χ1v) is 5.39. The molecule has 84 valence electrons. The molecular weight excluding hydrogens is 186 g/mol. The summed E-state index contributed by atoms with van der Waals surface area (Å²) in [5.74, 6) is 0. The van der Waals surface area contributed by atoms with Crippen molar-refractivity contribution in [2.24, 2.45) is 5.73 Å². The van der Waals surface area contributed by atoms with Gasteiger partial charge in [-0.1, -0.05) is 45.0 Å². The van der Waals surface area contributed by atoms with Crippen LogP contribution in [0.2, 0.25) is 0 Å². The maximum absolute atomic E-state index is 8.85. The molecule has 0 aromatic heterocycles. The molecule has 2 heteroatoms. The van der Waals surface area contributed by atoms with Gasteiger partial charge in [0.25, 0.3) is 0 Å². The smallest absolute Gasteiger partial charge is 0.0585 e. The summed E-state index contributed by atoms with van der Waals surface area (Å²) in [4.78, 5) is 0. The lowest BCUT2D eigenvalue weighted by molar-refractivity contribution is 0.265. The van der Waals surface area contributed by atoms with Crippen LogP contribution in [0.4, 0.5) is 0 Å². The molecule has 0 saturated carbocycles. The third-order valence-corrected chi connectivity index (χ3v) is 2.55. The van der Waals surface area contributed by atoms with Gasteiger partial charge in [-0.05, 0) is 23.0 Å². The molecule has 0 aliphatic carbocycles. The van der Waals surface area contributed by atoms with Crippen LogP contribution in [0.1, 0.15) is 31.9 Å². The first-order valence-electron chi connectivity index (χ1n) is 5.39. The number of hydrogen-bond donors (Lipinski definition) is 2. The van der Waals surface area contributed by atoms with Crippen LogP contribution < -0.4 is 5.73 Å². The monoisotopic (exact) mass is 207 g/mol. The van der Waals surface area contributed by atoms with Crippen LogP contribution >= 0.6 is 0 Å². The average molecular weight is 207 g/mol. The van der Waals surface area contributed by atoms with Crippen molar-refractivity contribution in [3.8, 4) is 0 Å². The number of hydrogen-bond acceptors (Lipinski definition) is 2. The highest BCUT2D eigenvalue weighted by molar-refractivity contribution is 5.27. The van der Waals surface area contributed by atoms with Crippen molar-refractivity contribution in [1.82, 2.24) is 0 Å². The highest BCUT2D eigenvalue weighted by atomic mass is 16.3. The quantitative estimate of drug-likeness (QED) is 0.794. The number of benzene rings is 1. The molecule has 2 nitrogen and oxygen atoms in total. The Morgan fingerprint density at radius 2 is 1.73 bits per heavy atom. The van der Waals surface area contributed by atoms with Gasteiger partial charge in [0.15, 0.2) is 0 Å². The van der Waals surface area contributed by atoms with E-state index in [1.54, 1.807) is 0 Å². The van der Waals surface area contributed by atoms with Crippen LogP contribution in [-0.2, 0) is 11.8 Å². The number of rotatable bonds is 3. The molecule has 0 saturated heterocycles. The molecule has 0 fully saturated rings. The van der Waals surface area contributed by atoms with Crippen molar-refractivity contribution in [2.75, 3.05) is 6.61 Å². The lowest BCUT2D eigenvalue weighted by Crippen LogP contribution is -2.26.